The number of benzene rings is 1. The van der Waals surface area contributed by atoms with Crippen LogP contribution in [0.3, 0.4) is 0 Å². The van der Waals surface area contributed by atoms with Crippen LogP contribution >= 0.6 is 0 Å². The zero-order chi connectivity index (χ0) is 26.2. The molecule has 1 aliphatic rings. The van der Waals surface area contributed by atoms with E-state index in [-0.39, 0.29) is 19.1 Å². The summed E-state index contributed by atoms with van der Waals surface area (Å²) in [6.45, 7) is 11.1. The van der Waals surface area contributed by atoms with Crippen molar-refractivity contribution in [2.75, 3.05) is 51.4 Å². The summed E-state index contributed by atoms with van der Waals surface area (Å²) < 4.78 is 20.7. The van der Waals surface area contributed by atoms with E-state index in [2.05, 4.69) is 47.0 Å². The van der Waals surface area contributed by atoms with Gasteiger partial charge in [-0.05, 0) is 44.8 Å². The molecule has 0 amide bonds. The van der Waals surface area contributed by atoms with Crippen LogP contribution in [0.5, 0.6) is 5.75 Å². The minimum Gasteiger partial charge on any atom is -0.468 e. The molecule has 1 aliphatic heterocycles. The van der Waals surface area contributed by atoms with Gasteiger partial charge in [-0.15, -0.1) is 0 Å². The number of allylic oxidation sites excluding steroid dienone is 1. The lowest BCUT2D eigenvalue weighted by molar-refractivity contribution is 0.147. The highest BCUT2D eigenvalue weighted by Gasteiger charge is 2.19. The molecule has 1 fully saturated rings. The Bertz CT molecular complexity index is 1300. The number of aliphatic hydroxyl groups excluding tert-OH is 1. The number of aliphatic hydroxyl groups is 1. The van der Waals surface area contributed by atoms with Gasteiger partial charge in [0.15, 0.2) is 24.1 Å². The molecule has 3 aromatic rings. The van der Waals surface area contributed by atoms with Gasteiger partial charge in [-0.2, -0.15) is 5.10 Å². The molecule has 4 rings (SSSR count). The first-order chi connectivity index (χ1) is 18.0. The fourth-order valence-electron chi connectivity index (χ4n) is 4.19. The zero-order valence-electron chi connectivity index (χ0n) is 21.2. The van der Waals surface area contributed by atoms with E-state index in [4.69, 9.17) is 4.74 Å². The molecule has 4 N–H and O–H groups in total. The molecule has 0 radical (unpaired) electrons. The lowest BCUT2D eigenvalue weighted by atomic mass is 10.2. The molecule has 0 saturated carbocycles. The molecule has 0 aliphatic carbocycles. The fraction of sp³-hybridized carbons (Fsp3) is 0.346. The van der Waals surface area contributed by atoms with E-state index in [1.54, 1.807) is 24.3 Å². The Balaban J connectivity index is 1.53. The molecule has 0 atom stereocenters. The quantitative estimate of drug-likeness (QED) is 0.246. The molecule has 0 bridgehead atoms. The van der Waals surface area contributed by atoms with Gasteiger partial charge in [0.2, 0.25) is 0 Å². The number of rotatable bonds is 10. The van der Waals surface area contributed by atoms with Crippen LogP contribution < -0.4 is 10.1 Å². The van der Waals surface area contributed by atoms with Crippen LogP contribution in [0.15, 0.2) is 52.2 Å². The summed E-state index contributed by atoms with van der Waals surface area (Å²) in [5.74, 6) is 1.40. The van der Waals surface area contributed by atoms with Crippen molar-refractivity contribution < 1.29 is 14.2 Å². The number of aromatic nitrogens is 3. The smallest absolute Gasteiger partial charge is 0.181 e. The first kappa shape index (κ1) is 26.1. The molecule has 3 heterocycles. The Morgan fingerprint density at radius 3 is 2.84 bits per heavy atom. The van der Waals surface area contributed by atoms with Gasteiger partial charge in [-0.1, -0.05) is 6.08 Å². The third-order valence-electron chi connectivity index (χ3n) is 6.03. The third kappa shape index (κ3) is 6.63. The zero-order valence-corrected chi connectivity index (χ0v) is 21.2. The van der Waals surface area contributed by atoms with Crippen LogP contribution in [0.1, 0.15) is 18.3 Å². The number of hydrogen-bond donors (Lipinski definition) is 4. The minimum atomic E-state index is -0.419. The summed E-state index contributed by atoms with van der Waals surface area (Å²) in [7, 11) is 0. The van der Waals surface area contributed by atoms with E-state index >= 15 is 0 Å². The first-order valence-corrected chi connectivity index (χ1v) is 12.2. The van der Waals surface area contributed by atoms with Crippen molar-refractivity contribution in [3.63, 3.8) is 0 Å². The Morgan fingerprint density at radius 2 is 2.11 bits per heavy atom. The van der Waals surface area contributed by atoms with Crippen molar-refractivity contribution in [3.05, 3.63) is 59.4 Å². The van der Waals surface area contributed by atoms with Gasteiger partial charge in [-0.3, -0.25) is 10.00 Å². The van der Waals surface area contributed by atoms with Crippen molar-refractivity contribution in [3.8, 4) is 5.75 Å². The number of piperazine rings is 1. The molecule has 0 spiro atoms. The second-order valence-electron chi connectivity index (χ2n) is 8.65. The number of aromatic amines is 2. The minimum absolute atomic E-state index is 0.0766. The second kappa shape index (κ2) is 12.3. The summed E-state index contributed by atoms with van der Waals surface area (Å²) in [5, 5.41) is 20.1. The molecule has 0 unspecified atom stereocenters. The maximum atomic E-state index is 15.0. The molecular formula is C26H33FN8O2. The average Bonchev–Trinajstić information content (AvgIpc) is 3.51. The Kier molecular flexibility index (Phi) is 8.70. The largest absolute Gasteiger partial charge is 0.468 e. The maximum absolute atomic E-state index is 15.0. The van der Waals surface area contributed by atoms with Gasteiger partial charge < -0.3 is 25.0 Å². The maximum Gasteiger partial charge on any atom is 0.181 e. The van der Waals surface area contributed by atoms with Crippen molar-refractivity contribution >= 4 is 35.3 Å². The topological polar surface area (TPSA) is 117 Å². The number of amidine groups is 1. The van der Waals surface area contributed by atoms with Gasteiger partial charge in [0.05, 0.1) is 12.3 Å². The Hall–Kier alpha value is -3.96. The molecule has 11 heteroatoms. The highest BCUT2D eigenvalue weighted by molar-refractivity contribution is 5.94. The summed E-state index contributed by atoms with van der Waals surface area (Å²) in [4.78, 5) is 16.2. The van der Waals surface area contributed by atoms with Gasteiger partial charge in [0, 0.05) is 61.5 Å². The number of H-pyrrole nitrogens is 2. The SMILES string of the molecule is C=N/C(=C\C(=N/COc1ccc2[nH]c(C)cc2c1F)N1CCN(CCO)CC1)Nc1cc(/C=C/C)[nH]n1. The molecule has 196 valence electrons. The van der Waals surface area contributed by atoms with E-state index in [1.165, 1.54) is 0 Å². The fourth-order valence-corrected chi connectivity index (χ4v) is 4.19. The summed E-state index contributed by atoms with van der Waals surface area (Å²) in [5.41, 5.74) is 2.45. The van der Waals surface area contributed by atoms with Crippen LogP contribution in [-0.2, 0) is 0 Å². The first-order valence-electron chi connectivity index (χ1n) is 12.2. The summed E-state index contributed by atoms with van der Waals surface area (Å²) in [6, 6.07) is 7.01. The number of β-amino-alcohol motifs (C(OH)–C–C–N with tert-alkyl or cyclic N) is 1. The average molecular weight is 509 g/mol. The summed E-state index contributed by atoms with van der Waals surface area (Å²) in [6.07, 6.45) is 5.60. The number of aryl methyl sites for hydroxylation is 1. The van der Waals surface area contributed by atoms with Crippen LogP contribution in [-0.4, -0.2) is 88.7 Å². The molecule has 1 saturated heterocycles. The Morgan fingerprint density at radius 1 is 1.30 bits per heavy atom. The predicted octanol–water partition coefficient (Wildman–Crippen LogP) is 3.37. The lowest BCUT2D eigenvalue weighted by Crippen LogP contribution is -2.49. The van der Waals surface area contributed by atoms with Crippen molar-refractivity contribution in [1.29, 1.82) is 0 Å². The standard InChI is InChI=1S/C26H33FN8O2/c1-4-5-19-15-24(33-32-19)31-23(28-3)16-25(35-10-8-34(9-11-35)12-13-36)29-17-37-22-7-6-21-20(26(22)27)14-18(2)30-21/h4-7,14-16,30,36H,3,8-13,17H2,1-2H3,(H2,31,32,33)/b5-4+,23-16+,29-25+. The predicted molar refractivity (Wildman–Crippen MR) is 146 cm³/mol. The molecular weight excluding hydrogens is 475 g/mol. The van der Waals surface area contributed by atoms with Gasteiger partial charge in [0.1, 0.15) is 11.7 Å². The highest BCUT2D eigenvalue weighted by Crippen LogP contribution is 2.27. The van der Waals surface area contributed by atoms with Gasteiger partial charge >= 0.3 is 0 Å². The molecule has 10 nitrogen and oxygen atoms in total. The van der Waals surface area contributed by atoms with Crippen molar-refractivity contribution in [1.82, 2.24) is 25.0 Å². The van der Waals surface area contributed by atoms with Crippen LogP contribution in [0.2, 0.25) is 0 Å². The van der Waals surface area contributed by atoms with E-state index in [9.17, 15) is 9.50 Å². The number of aliphatic imine (C=N–C) groups is 2. The molecule has 1 aromatic carbocycles. The van der Waals surface area contributed by atoms with Crippen LogP contribution in [0.25, 0.3) is 17.0 Å². The number of nitrogens with one attached hydrogen (secondary N) is 3. The van der Waals surface area contributed by atoms with Gasteiger partial charge in [0.25, 0.3) is 0 Å². The van der Waals surface area contributed by atoms with E-state index < -0.39 is 5.82 Å². The van der Waals surface area contributed by atoms with E-state index in [0.717, 1.165) is 30.0 Å². The number of nitrogens with zero attached hydrogens (tertiary/aromatic N) is 5. The van der Waals surface area contributed by atoms with E-state index in [0.29, 0.717) is 42.5 Å². The van der Waals surface area contributed by atoms with Crippen molar-refractivity contribution in [2.45, 2.75) is 13.8 Å². The highest BCUT2D eigenvalue weighted by atomic mass is 19.1. The third-order valence-corrected chi connectivity index (χ3v) is 6.03. The number of hydrogen-bond acceptors (Lipinski definition) is 7. The second-order valence-corrected chi connectivity index (χ2v) is 8.65. The monoisotopic (exact) mass is 508 g/mol. The number of halogens is 1. The molecule has 2 aromatic heterocycles. The number of fused-ring (bicyclic) bond motifs is 1. The molecule has 37 heavy (non-hydrogen) atoms. The lowest BCUT2D eigenvalue weighted by Gasteiger charge is -2.35. The van der Waals surface area contributed by atoms with Crippen LogP contribution in [0.4, 0.5) is 10.2 Å². The normalized spacial score (nSPS) is 15.6. The summed E-state index contributed by atoms with van der Waals surface area (Å²) >= 11 is 0. The number of anilines is 1. The van der Waals surface area contributed by atoms with E-state index in [1.807, 2.05) is 32.1 Å². The van der Waals surface area contributed by atoms with Crippen LogP contribution in [0, 0.1) is 12.7 Å². The Labute approximate surface area is 215 Å². The van der Waals surface area contributed by atoms with Crippen molar-refractivity contribution in [2.24, 2.45) is 9.98 Å². The van der Waals surface area contributed by atoms with Gasteiger partial charge in [-0.25, -0.2) is 14.4 Å². The number of ether oxygens (including phenoxy) is 1.